The Bertz CT molecular complexity index is 1150. The first-order chi connectivity index (χ1) is 17.4. The number of carbonyl (C=O) groups is 3. The van der Waals surface area contributed by atoms with Crippen LogP contribution < -0.4 is 20.7 Å². The lowest BCUT2D eigenvalue weighted by Crippen LogP contribution is -2.50. The third-order valence-corrected chi connectivity index (χ3v) is 6.01. The summed E-state index contributed by atoms with van der Waals surface area (Å²) in [6, 6.07) is 12.7. The number of amides is 3. The third kappa shape index (κ3) is 7.18. The summed E-state index contributed by atoms with van der Waals surface area (Å²) < 4.78 is 7.07. The second-order valence-electron chi connectivity index (χ2n) is 8.51. The Kier molecular flexibility index (Phi) is 9.62. The molecule has 0 radical (unpaired) electrons. The van der Waals surface area contributed by atoms with Gasteiger partial charge in [-0.05, 0) is 48.7 Å². The Hall–Kier alpha value is -4.14. The van der Waals surface area contributed by atoms with E-state index in [1.165, 1.54) is 0 Å². The number of rotatable bonds is 12. The average Bonchev–Trinajstić information content (AvgIpc) is 3.43. The number of methoxy groups -OCH3 is 1. The SMILES string of the molecule is CC[C@H](C)[C@@H](NC(=O)c1ccccc1NC(=O)c1ccc(OC)cc1)C(=O)NCCCn1ccnc1. The minimum Gasteiger partial charge on any atom is -0.497 e. The van der Waals surface area contributed by atoms with Crippen molar-refractivity contribution in [2.24, 2.45) is 5.92 Å². The van der Waals surface area contributed by atoms with Crippen molar-refractivity contribution in [3.05, 3.63) is 78.4 Å². The van der Waals surface area contributed by atoms with E-state index in [-0.39, 0.29) is 23.3 Å². The van der Waals surface area contributed by atoms with Crippen LogP contribution in [-0.4, -0.2) is 47.0 Å². The normalized spacial score (nSPS) is 12.3. The molecule has 0 saturated heterocycles. The van der Waals surface area contributed by atoms with Gasteiger partial charge >= 0.3 is 0 Å². The van der Waals surface area contributed by atoms with Crippen molar-refractivity contribution in [2.75, 3.05) is 19.0 Å². The average molecular weight is 492 g/mol. The summed E-state index contributed by atoms with van der Waals surface area (Å²) in [5.41, 5.74) is 1.07. The maximum absolute atomic E-state index is 13.2. The number of ether oxygens (including phenoxy) is 1. The van der Waals surface area contributed by atoms with E-state index in [1.807, 2.05) is 24.6 Å². The Morgan fingerprint density at radius 1 is 1.06 bits per heavy atom. The summed E-state index contributed by atoms with van der Waals surface area (Å²) in [6.45, 7) is 5.11. The van der Waals surface area contributed by atoms with Crippen LogP contribution >= 0.6 is 0 Å². The van der Waals surface area contributed by atoms with Crippen LogP contribution in [0.15, 0.2) is 67.3 Å². The minimum absolute atomic E-state index is 0.0800. The predicted molar refractivity (Wildman–Crippen MR) is 138 cm³/mol. The number of aromatic nitrogens is 2. The van der Waals surface area contributed by atoms with Crippen LogP contribution in [0.2, 0.25) is 0 Å². The maximum Gasteiger partial charge on any atom is 0.255 e. The number of benzene rings is 2. The first kappa shape index (κ1) is 26.5. The molecular formula is C27H33N5O4. The molecule has 36 heavy (non-hydrogen) atoms. The lowest BCUT2D eigenvalue weighted by Gasteiger charge is -2.24. The summed E-state index contributed by atoms with van der Waals surface area (Å²) in [5.74, 6) is -0.458. The molecule has 0 unspecified atom stereocenters. The van der Waals surface area contributed by atoms with E-state index in [0.717, 1.165) is 13.0 Å². The highest BCUT2D eigenvalue weighted by molar-refractivity contribution is 6.09. The van der Waals surface area contributed by atoms with Gasteiger partial charge in [0.25, 0.3) is 11.8 Å². The number of para-hydroxylation sites is 1. The minimum atomic E-state index is -0.707. The van der Waals surface area contributed by atoms with E-state index < -0.39 is 11.9 Å². The first-order valence-electron chi connectivity index (χ1n) is 12.0. The summed E-state index contributed by atoms with van der Waals surface area (Å²) in [5, 5.41) is 8.60. The maximum atomic E-state index is 13.2. The molecule has 0 aliphatic rings. The molecule has 3 rings (SSSR count). The number of hydrogen-bond donors (Lipinski definition) is 3. The van der Waals surface area contributed by atoms with Crippen LogP contribution in [0.5, 0.6) is 5.75 Å². The second-order valence-corrected chi connectivity index (χ2v) is 8.51. The topological polar surface area (TPSA) is 114 Å². The molecule has 1 heterocycles. The van der Waals surface area contributed by atoms with Crippen molar-refractivity contribution in [3.8, 4) is 5.75 Å². The number of nitrogens with zero attached hydrogens (tertiary/aromatic N) is 2. The Balaban J connectivity index is 1.65. The molecule has 0 aliphatic carbocycles. The molecule has 9 nitrogen and oxygen atoms in total. The fraction of sp³-hybridized carbons (Fsp3) is 0.333. The van der Waals surface area contributed by atoms with Crippen LogP contribution in [0.25, 0.3) is 0 Å². The molecule has 0 aliphatic heterocycles. The van der Waals surface area contributed by atoms with E-state index in [2.05, 4.69) is 20.9 Å². The van der Waals surface area contributed by atoms with E-state index in [1.54, 1.807) is 68.2 Å². The molecule has 0 fully saturated rings. The van der Waals surface area contributed by atoms with Crippen molar-refractivity contribution < 1.29 is 19.1 Å². The van der Waals surface area contributed by atoms with Gasteiger partial charge in [0.05, 0.1) is 24.7 Å². The van der Waals surface area contributed by atoms with Gasteiger partial charge < -0.3 is 25.3 Å². The van der Waals surface area contributed by atoms with E-state index in [0.29, 0.717) is 30.0 Å². The summed E-state index contributed by atoms with van der Waals surface area (Å²) in [7, 11) is 1.55. The zero-order chi connectivity index (χ0) is 25.9. The highest BCUT2D eigenvalue weighted by Gasteiger charge is 2.27. The van der Waals surface area contributed by atoms with Crippen molar-refractivity contribution in [1.29, 1.82) is 0 Å². The quantitative estimate of drug-likeness (QED) is 0.336. The van der Waals surface area contributed by atoms with Gasteiger partial charge in [0.1, 0.15) is 11.8 Å². The molecule has 190 valence electrons. The van der Waals surface area contributed by atoms with Crippen LogP contribution in [0.4, 0.5) is 5.69 Å². The highest BCUT2D eigenvalue weighted by atomic mass is 16.5. The fourth-order valence-electron chi connectivity index (χ4n) is 3.65. The second kappa shape index (κ2) is 13.1. The number of imidazole rings is 1. The van der Waals surface area contributed by atoms with Crippen LogP contribution in [-0.2, 0) is 11.3 Å². The predicted octanol–water partition coefficient (Wildman–Crippen LogP) is 3.50. The van der Waals surface area contributed by atoms with Gasteiger partial charge in [-0.2, -0.15) is 0 Å². The Labute approximate surface area is 211 Å². The lowest BCUT2D eigenvalue weighted by atomic mass is 9.97. The van der Waals surface area contributed by atoms with E-state index >= 15 is 0 Å². The number of carbonyl (C=O) groups excluding carboxylic acids is 3. The summed E-state index contributed by atoms with van der Waals surface area (Å²) in [6.07, 6.45) is 6.76. The summed E-state index contributed by atoms with van der Waals surface area (Å²) in [4.78, 5) is 42.9. The van der Waals surface area contributed by atoms with Crippen molar-refractivity contribution in [2.45, 2.75) is 39.3 Å². The molecule has 3 aromatic rings. The molecule has 3 N–H and O–H groups in total. The van der Waals surface area contributed by atoms with Gasteiger partial charge in [-0.1, -0.05) is 32.4 Å². The first-order valence-corrected chi connectivity index (χ1v) is 12.0. The number of anilines is 1. The van der Waals surface area contributed by atoms with Gasteiger partial charge in [0.15, 0.2) is 0 Å². The standard InChI is InChI=1S/C27H33N5O4/c1-4-19(2)24(27(35)29-14-7-16-32-17-15-28-18-32)31-26(34)22-8-5-6-9-23(22)30-25(33)20-10-12-21(36-3)13-11-20/h5-6,8-13,15,17-19,24H,4,7,14,16H2,1-3H3,(H,29,35)(H,30,33)(H,31,34)/t19-,24+/m0/s1. The molecular weight excluding hydrogens is 458 g/mol. The van der Waals surface area contributed by atoms with E-state index in [4.69, 9.17) is 4.74 Å². The number of hydrogen-bond acceptors (Lipinski definition) is 5. The zero-order valence-electron chi connectivity index (χ0n) is 20.9. The largest absolute Gasteiger partial charge is 0.497 e. The Morgan fingerprint density at radius 2 is 1.81 bits per heavy atom. The number of nitrogens with one attached hydrogen (secondary N) is 3. The van der Waals surface area contributed by atoms with Crippen molar-refractivity contribution in [1.82, 2.24) is 20.2 Å². The zero-order valence-corrected chi connectivity index (χ0v) is 20.9. The van der Waals surface area contributed by atoms with Gasteiger partial charge in [0.2, 0.25) is 5.91 Å². The molecule has 0 bridgehead atoms. The van der Waals surface area contributed by atoms with E-state index in [9.17, 15) is 14.4 Å². The molecule has 2 atom stereocenters. The summed E-state index contributed by atoms with van der Waals surface area (Å²) >= 11 is 0. The molecule has 9 heteroatoms. The highest BCUT2D eigenvalue weighted by Crippen LogP contribution is 2.19. The molecule has 1 aromatic heterocycles. The molecule has 0 spiro atoms. The van der Waals surface area contributed by atoms with Crippen molar-refractivity contribution in [3.63, 3.8) is 0 Å². The lowest BCUT2D eigenvalue weighted by molar-refractivity contribution is -0.124. The molecule has 3 amide bonds. The third-order valence-electron chi connectivity index (χ3n) is 6.01. The van der Waals surface area contributed by atoms with Crippen LogP contribution in [0, 0.1) is 5.92 Å². The smallest absolute Gasteiger partial charge is 0.255 e. The number of aryl methyl sites for hydroxylation is 1. The Morgan fingerprint density at radius 3 is 2.47 bits per heavy atom. The van der Waals surface area contributed by atoms with Gasteiger partial charge in [-0.25, -0.2) is 4.98 Å². The van der Waals surface area contributed by atoms with Crippen LogP contribution in [0.3, 0.4) is 0 Å². The fourth-order valence-corrected chi connectivity index (χ4v) is 3.65. The van der Waals surface area contributed by atoms with Gasteiger partial charge in [-0.15, -0.1) is 0 Å². The van der Waals surface area contributed by atoms with Gasteiger partial charge in [0, 0.05) is 31.0 Å². The monoisotopic (exact) mass is 491 g/mol. The van der Waals surface area contributed by atoms with Crippen LogP contribution in [0.1, 0.15) is 47.4 Å². The molecule has 2 aromatic carbocycles. The molecule has 0 saturated carbocycles. The van der Waals surface area contributed by atoms with Gasteiger partial charge in [-0.3, -0.25) is 14.4 Å². The van der Waals surface area contributed by atoms with Crippen molar-refractivity contribution >= 4 is 23.4 Å².